The third kappa shape index (κ3) is 2.39. The van der Waals surface area contributed by atoms with Gasteiger partial charge in [-0.15, -0.1) is 0 Å². The van der Waals surface area contributed by atoms with Crippen molar-refractivity contribution in [1.29, 1.82) is 0 Å². The molecule has 0 aliphatic heterocycles. The minimum Gasteiger partial charge on any atom is -0.508 e. The Bertz CT molecular complexity index is 267. The maximum Gasteiger partial charge on any atom is 0.115 e. The fourth-order valence-corrected chi connectivity index (χ4v) is 1.42. The monoisotopic (exact) mass is 195 g/mol. The molecule has 0 fully saturated rings. The van der Waals surface area contributed by atoms with E-state index in [2.05, 4.69) is 0 Å². The Morgan fingerprint density at radius 2 is 1.86 bits per heavy atom. The molecule has 2 N–H and O–H groups in total. The van der Waals surface area contributed by atoms with Gasteiger partial charge in [-0.1, -0.05) is 6.92 Å². The van der Waals surface area contributed by atoms with Gasteiger partial charge in [-0.3, -0.25) is 0 Å². The normalized spacial score (nSPS) is 12.5. The van der Waals surface area contributed by atoms with Crippen LogP contribution in [0, 0.1) is 0 Å². The van der Waals surface area contributed by atoms with Crippen molar-refractivity contribution >= 4 is 5.69 Å². The lowest BCUT2D eigenvalue weighted by atomic mass is 10.2. The molecule has 3 nitrogen and oxygen atoms in total. The van der Waals surface area contributed by atoms with Gasteiger partial charge in [0.2, 0.25) is 0 Å². The number of phenolic OH excluding ortho intramolecular Hbond substituents is 1. The van der Waals surface area contributed by atoms with E-state index in [-0.39, 0.29) is 18.4 Å². The predicted octanol–water partition coefficient (Wildman–Crippen LogP) is 1.60. The Morgan fingerprint density at radius 3 is 2.29 bits per heavy atom. The average molecular weight is 195 g/mol. The van der Waals surface area contributed by atoms with Gasteiger partial charge in [0.25, 0.3) is 0 Å². The van der Waals surface area contributed by atoms with Crippen LogP contribution in [0.25, 0.3) is 0 Å². The van der Waals surface area contributed by atoms with Gasteiger partial charge in [0.15, 0.2) is 0 Å². The van der Waals surface area contributed by atoms with Crippen LogP contribution < -0.4 is 4.90 Å². The Labute approximate surface area is 84.6 Å². The number of aliphatic hydroxyl groups excluding tert-OH is 1. The second-order valence-electron chi connectivity index (χ2n) is 3.37. The standard InChI is InChI=1S/C11H17NO2/c1-3-9(8-13)12(2)10-4-6-11(14)7-5-10/h4-7,9,13-14H,3,8H2,1-2H3. The van der Waals surface area contributed by atoms with Crippen LogP contribution in [0.3, 0.4) is 0 Å². The van der Waals surface area contributed by atoms with Crippen LogP contribution in [0.4, 0.5) is 5.69 Å². The first-order valence-electron chi connectivity index (χ1n) is 4.81. The van der Waals surface area contributed by atoms with Crippen LogP contribution in [0.15, 0.2) is 24.3 Å². The van der Waals surface area contributed by atoms with Crippen LogP contribution in [0.2, 0.25) is 0 Å². The summed E-state index contributed by atoms with van der Waals surface area (Å²) in [7, 11) is 1.94. The smallest absolute Gasteiger partial charge is 0.115 e. The lowest BCUT2D eigenvalue weighted by molar-refractivity contribution is 0.259. The third-order valence-electron chi connectivity index (χ3n) is 2.49. The summed E-state index contributed by atoms with van der Waals surface area (Å²) < 4.78 is 0. The lowest BCUT2D eigenvalue weighted by Crippen LogP contribution is -2.33. The van der Waals surface area contributed by atoms with Crippen molar-refractivity contribution < 1.29 is 10.2 Å². The maximum atomic E-state index is 9.12. The number of phenols is 1. The molecular weight excluding hydrogens is 178 g/mol. The Morgan fingerprint density at radius 1 is 1.29 bits per heavy atom. The number of aromatic hydroxyl groups is 1. The zero-order chi connectivity index (χ0) is 10.6. The van der Waals surface area contributed by atoms with E-state index in [4.69, 9.17) is 10.2 Å². The number of hydrogen-bond donors (Lipinski definition) is 2. The fraction of sp³-hybridized carbons (Fsp3) is 0.455. The Hall–Kier alpha value is -1.22. The minimum atomic E-state index is 0.138. The number of anilines is 1. The van der Waals surface area contributed by atoms with Crippen LogP contribution in [-0.2, 0) is 0 Å². The molecular formula is C11H17NO2. The van der Waals surface area contributed by atoms with Gasteiger partial charge < -0.3 is 15.1 Å². The molecule has 1 unspecified atom stereocenters. The SMILES string of the molecule is CCC(CO)N(C)c1ccc(O)cc1. The van der Waals surface area contributed by atoms with E-state index in [1.54, 1.807) is 12.1 Å². The summed E-state index contributed by atoms with van der Waals surface area (Å²) in [6.45, 7) is 2.19. The summed E-state index contributed by atoms with van der Waals surface area (Å²) in [6.07, 6.45) is 0.897. The van der Waals surface area contributed by atoms with Crippen molar-refractivity contribution in [3.63, 3.8) is 0 Å². The Kier molecular flexibility index (Phi) is 3.77. The van der Waals surface area contributed by atoms with Crippen LogP contribution in [0.1, 0.15) is 13.3 Å². The summed E-state index contributed by atoms with van der Waals surface area (Å²) in [6, 6.07) is 7.12. The highest BCUT2D eigenvalue weighted by atomic mass is 16.3. The van der Waals surface area contributed by atoms with Gasteiger partial charge in [0, 0.05) is 12.7 Å². The molecule has 0 spiro atoms. The van der Waals surface area contributed by atoms with E-state index in [0.717, 1.165) is 12.1 Å². The molecule has 0 aliphatic rings. The first-order valence-corrected chi connectivity index (χ1v) is 4.81. The molecule has 1 aromatic carbocycles. The quantitative estimate of drug-likeness (QED) is 0.767. The first kappa shape index (κ1) is 10.9. The van der Waals surface area contributed by atoms with Crippen molar-refractivity contribution in [1.82, 2.24) is 0 Å². The van der Waals surface area contributed by atoms with E-state index in [1.807, 2.05) is 31.0 Å². The largest absolute Gasteiger partial charge is 0.508 e. The molecule has 1 atom stereocenters. The van der Waals surface area contributed by atoms with E-state index in [1.165, 1.54) is 0 Å². The fourth-order valence-electron chi connectivity index (χ4n) is 1.42. The molecule has 0 saturated carbocycles. The molecule has 0 aromatic heterocycles. The summed E-state index contributed by atoms with van der Waals surface area (Å²) in [5, 5.41) is 18.2. The van der Waals surface area contributed by atoms with Gasteiger partial charge >= 0.3 is 0 Å². The predicted molar refractivity (Wildman–Crippen MR) is 57.7 cm³/mol. The molecule has 0 bridgehead atoms. The van der Waals surface area contributed by atoms with Gasteiger partial charge in [-0.25, -0.2) is 0 Å². The van der Waals surface area contributed by atoms with Crippen LogP contribution >= 0.6 is 0 Å². The molecule has 14 heavy (non-hydrogen) atoms. The van der Waals surface area contributed by atoms with Crippen molar-refractivity contribution in [2.75, 3.05) is 18.6 Å². The molecule has 78 valence electrons. The molecule has 1 rings (SSSR count). The highest BCUT2D eigenvalue weighted by molar-refractivity contribution is 5.48. The van der Waals surface area contributed by atoms with Gasteiger partial charge in [0.05, 0.1) is 12.6 Å². The van der Waals surface area contributed by atoms with Crippen LogP contribution in [-0.4, -0.2) is 29.9 Å². The second-order valence-corrected chi connectivity index (χ2v) is 3.37. The van der Waals surface area contributed by atoms with E-state index >= 15 is 0 Å². The van der Waals surface area contributed by atoms with Crippen molar-refractivity contribution in [3.8, 4) is 5.75 Å². The average Bonchev–Trinajstić information content (AvgIpc) is 2.20. The summed E-state index contributed by atoms with van der Waals surface area (Å²) in [4.78, 5) is 2.01. The van der Waals surface area contributed by atoms with Crippen molar-refractivity contribution in [3.05, 3.63) is 24.3 Å². The number of rotatable bonds is 4. The molecule has 0 radical (unpaired) electrons. The van der Waals surface area contributed by atoms with E-state index in [9.17, 15) is 0 Å². The zero-order valence-electron chi connectivity index (χ0n) is 8.64. The zero-order valence-corrected chi connectivity index (χ0v) is 8.64. The van der Waals surface area contributed by atoms with Crippen molar-refractivity contribution in [2.45, 2.75) is 19.4 Å². The highest BCUT2D eigenvalue weighted by Crippen LogP contribution is 2.19. The Balaban J connectivity index is 2.77. The summed E-state index contributed by atoms with van der Waals surface area (Å²) in [5.41, 5.74) is 1.00. The molecule has 0 aliphatic carbocycles. The summed E-state index contributed by atoms with van der Waals surface area (Å²) >= 11 is 0. The van der Waals surface area contributed by atoms with Gasteiger partial charge in [-0.2, -0.15) is 0 Å². The number of benzene rings is 1. The maximum absolute atomic E-state index is 9.12. The second kappa shape index (κ2) is 4.86. The molecule has 3 heteroatoms. The van der Waals surface area contributed by atoms with Crippen molar-refractivity contribution in [2.24, 2.45) is 0 Å². The first-order chi connectivity index (χ1) is 6.69. The lowest BCUT2D eigenvalue weighted by Gasteiger charge is -2.27. The highest BCUT2D eigenvalue weighted by Gasteiger charge is 2.11. The van der Waals surface area contributed by atoms with Crippen LogP contribution in [0.5, 0.6) is 5.75 Å². The number of hydrogen-bond acceptors (Lipinski definition) is 3. The van der Waals surface area contributed by atoms with E-state index in [0.29, 0.717) is 0 Å². The third-order valence-corrected chi connectivity index (χ3v) is 2.49. The number of aliphatic hydroxyl groups is 1. The minimum absolute atomic E-state index is 0.138. The van der Waals surface area contributed by atoms with Gasteiger partial charge in [0.1, 0.15) is 5.75 Å². The molecule has 1 aromatic rings. The number of likely N-dealkylation sites (N-methyl/N-ethyl adjacent to an activating group) is 1. The number of nitrogens with zero attached hydrogens (tertiary/aromatic N) is 1. The molecule has 0 heterocycles. The molecule has 0 amide bonds. The topological polar surface area (TPSA) is 43.7 Å². The summed E-state index contributed by atoms with van der Waals surface area (Å²) in [5.74, 6) is 0.263. The van der Waals surface area contributed by atoms with E-state index < -0.39 is 0 Å². The molecule has 0 saturated heterocycles. The van der Waals surface area contributed by atoms with Gasteiger partial charge in [-0.05, 0) is 30.7 Å².